The molecular formula is C16H25FN2O. The number of nitrogens with two attached hydrogens (primary N) is 1. The third-order valence-corrected chi connectivity index (χ3v) is 4.12. The van der Waals surface area contributed by atoms with E-state index in [0.29, 0.717) is 6.54 Å². The number of aryl methyl sites for hydroxylation is 1. The van der Waals surface area contributed by atoms with Crippen LogP contribution >= 0.6 is 0 Å². The van der Waals surface area contributed by atoms with Crippen molar-refractivity contribution in [2.45, 2.75) is 38.3 Å². The van der Waals surface area contributed by atoms with Crippen LogP contribution in [0.3, 0.4) is 0 Å². The van der Waals surface area contributed by atoms with Crippen molar-refractivity contribution in [1.29, 1.82) is 0 Å². The van der Waals surface area contributed by atoms with Crippen LogP contribution in [0.5, 0.6) is 0 Å². The van der Waals surface area contributed by atoms with Crippen LogP contribution < -0.4 is 5.73 Å². The smallest absolute Gasteiger partial charge is 0.123 e. The first-order chi connectivity index (χ1) is 9.61. The summed E-state index contributed by atoms with van der Waals surface area (Å²) in [5, 5.41) is 0. The molecule has 0 amide bonds. The fourth-order valence-corrected chi connectivity index (χ4v) is 2.91. The molecule has 112 valence electrons. The highest BCUT2D eigenvalue weighted by atomic mass is 19.1. The lowest BCUT2D eigenvalue weighted by Crippen LogP contribution is -2.38. The molecule has 1 aromatic carbocycles. The zero-order chi connectivity index (χ0) is 14.5. The maximum atomic E-state index is 13.5. The van der Waals surface area contributed by atoms with E-state index in [4.69, 9.17) is 10.5 Å². The molecule has 2 unspecified atom stereocenters. The second kappa shape index (κ2) is 7.16. The molecule has 1 aromatic rings. The number of ether oxygens (including phenoxy) is 1. The molecule has 1 saturated heterocycles. The Morgan fingerprint density at radius 2 is 2.25 bits per heavy atom. The van der Waals surface area contributed by atoms with Crippen LogP contribution in [0.15, 0.2) is 18.2 Å². The minimum Gasteiger partial charge on any atom is -0.377 e. The lowest BCUT2D eigenvalue weighted by Gasteiger charge is -2.33. The zero-order valence-electron chi connectivity index (χ0n) is 12.4. The van der Waals surface area contributed by atoms with E-state index >= 15 is 0 Å². The number of rotatable bonds is 5. The van der Waals surface area contributed by atoms with Gasteiger partial charge in [-0.15, -0.1) is 0 Å². The monoisotopic (exact) mass is 280 g/mol. The molecule has 0 spiro atoms. The highest BCUT2D eigenvalue weighted by Crippen LogP contribution is 2.24. The van der Waals surface area contributed by atoms with E-state index in [-0.39, 0.29) is 18.0 Å². The summed E-state index contributed by atoms with van der Waals surface area (Å²) < 4.78 is 19.3. The lowest BCUT2D eigenvalue weighted by molar-refractivity contribution is -0.00783. The highest BCUT2D eigenvalue weighted by molar-refractivity contribution is 5.30. The summed E-state index contributed by atoms with van der Waals surface area (Å²) in [5.41, 5.74) is 7.98. The van der Waals surface area contributed by atoms with Gasteiger partial charge in [-0.25, -0.2) is 4.39 Å². The van der Waals surface area contributed by atoms with Crippen LogP contribution in [-0.4, -0.2) is 37.7 Å². The summed E-state index contributed by atoms with van der Waals surface area (Å²) in [6.07, 6.45) is 3.76. The van der Waals surface area contributed by atoms with Crippen LogP contribution in [0.25, 0.3) is 0 Å². The first-order valence-electron chi connectivity index (χ1n) is 7.39. The number of hydrogen-bond acceptors (Lipinski definition) is 3. The number of hydrogen-bond donors (Lipinski definition) is 1. The maximum Gasteiger partial charge on any atom is 0.123 e. The van der Waals surface area contributed by atoms with E-state index in [1.807, 2.05) is 20.0 Å². The number of nitrogens with zero attached hydrogens (tertiary/aromatic N) is 1. The van der Waals surface area contributed by atoms with E-state index in [1.165, 1.54) is 12.5 Å². The Bertz CT molecular complexity index is 432. The Kier molecular flexibility index (Phi) is 5.52. The Morgan fingerprint density at radius 1 is 1.45 bits per heavy atom. The third kappa shape index (κ3) is 3.78. The molecular weight excluding hydrogens is 255 g/mol. The van der Waals surface area contributed by atoms with Gasteiger partial charge in [-0.3, -0.25) is 4.90 Å². The van der Waals surface area contributed by atoms with Gasteiger partial charge < -0.3 is 10.5 Å². The predicted octanol–water partition coefficient (Wildman–Crippen LogP) is 2.63. The molecule has 1 aliphatic rings. The second-order valence-corrected chi connectivity index (χ2v) is 5.68. The van der Waals surface area contributed by atoms with Gasteiger partial charge in [-0.05, 0) is 56.5 Å². The number of likely N-dealkylation sites (N-methyl/N-ethyl adjacent to an activating group) is 1. The fourth-order valence-electron chi connectivity index (χ4n) is 2.91. The third-order valence-electron chi connectivity index (χ3n) is 4.12. The summed E-state index contributed by atoms with van der Waals surface area (Å²) >= 11 is 0. The van der Waals surface area contributed by atoms with E-state index in [1.54, 1.807) is 6.07 Å². The van der Waals surface area contributed by atoms with Crippen LogP contribution in [0.1, 0.15) is 36.4 Å². The van der Waals surface area contributed by atoms with Gasteiger partial charge in [0.2, 0.25) is 0 Å². The highest BCUT2D eigenvalue weighted by Gasteiger charge is 2.22. The molecule has 1 aliphatic heterocycles. The minimum atomic E-state index is -0.202. The van der Waals surface area contributed by atoms with E-state index < -0.39 is 0 Å². The molecule has 1 fully saturated rings. The van der Waals surface area contributed by atoms with Crippen LogP contribution in [0, 0.1) is 12.7 Å². The van der Waals surface area contributed by atoms with Crippen molar-refractivity contribution >= 4 is 0 Å². The van der Waals surface area contributed by atoms with Gasteiger partial charge in [-0.1, -0.05) is 6.07 Å². The Balaban J connectivity index is 2.07. The van der Waals surface area contributed by atoms with Crippen molar-refractivity contribution in [1.82, 2.24) is 4.90 Å². The fraction of sp³-hybridized carbons (Fsp3) is 0.625. The van der Waals surface area contributed by atoms with Gasteiger partial charge in [0.25, 0.3) is 0 Å². The topological polar surface area (TPSA) is 38.5 Å². The van der Waals surface area contributed by atoms with Gasteiger partial charge in [0.05, 0.1) is 6.10 Å². The molecule has 0 aliphatic carbocycles. The number of halogens is 1. The maximum absolute atomic E-state index is 13.5. The van der Waals surface area contributed by atoms with Crippen LogP contribution in [0.2, 0.25) is 0 Å². The van der Waals surface area contributed by atoms with Crippen molar-refractivity contribution in [3.8, 4) is 0 Å². The van der Waals surface area contributed by atoms with Gasteiger partial charge in [-0.2, -0.15) is 0 Å². The second-order valence-electron chi connectivity index (χ2n) is 5.68. The van der Waals surface area contributed by atoms with Crippen molar-refractivity contribution in [3.05, 3.63) is 35.1 Å². The van der Waals surface area contributed by atoms with Gasteiger partial charge in [0.15, 0.2) is 0 Å². The van der Waals surface area contributed by atoms with Crippen molar-refractivity contribution in [3.63, 3.8) is 0 Å². The van der Waals surface area contributed by atoms with E-state index in [0.717, 1.165) is 37.1 Å². The Morgan fingerprint density at radius 3 is 2.90 bits per heavy atom. The lowest BCUT2D eigenvalue weighted by atomic mass is 9.99. The molecule has 0 radical (unpaired) electrons. The first kappa shape index (κ1) is 15.4. The van der Waals surface area contributed by atoms with Gasteiger partial charge in [0, 0.05) is 25.7 Å². The van der Waals surface area contributed by atoms with Gasteiger partial charge >= 0.3 is 0 Å². The number of benzene rings is 1. The Hall–Kier alpha value is -0.970. The summed E-state index contributed by atoms with van der Waals surface area (Å²) in [6, 6.07) is 4.95. The zero-order valence-corrected chi connectivity index (χ0v) is 12.4. The summed E-state index contributed by atoms with van der Waals surface area (Å²) in [5.74, 6) is -0.202. The van der Waals surface area contributed by atoms with Crippen molar-refractivity contribution in [2.24, 2.45) is 5.73 Å². The van der Waals surface area contributed by atoms with Crippen LogP contribution in [-0.2, 0) is 4.74 Å². The molecule has 0 bridgehead atoms. The quantitative estimate of drug-likeness (QED) is 0.901. The molecule has 0 aromatic heterocycles. The van der Waals surface area contributed by atoms with Gasteiger partial charge in [0.1, 0.15) is 5.82 Å². The summed E-state index contributed by atoms with van der Waals surface area (Å²) in [4.78, 5) is 2.19. The van der Waals surface area contributed by atoms with Crippen molar-refractivity contribution in [2.75, 3.05) is 26.7 Å². The minimum absolute atomic E-state index is 0.0382. The largest absolute Gasteiger partial charge is 0.377 e. The molecule has 4 heteroatoms. The van der Waals surface area contributed by atoms with Crippen LogP contribution in [0.4, 0.5) is 4.39 Å². The summed E-state index contributed by atoms with van der Waals surface area (Å²) in [7, 11) is 2.04. The molecule has 0 saturated carbocycles. The molecule has 2 rings (SSSR count). The molecule has 20 heavy (non-hydrogen) atoms. The Labute approximate surface area is 120 Å². The standard InChI is InChI=1S/C16H25FN2O/c1-12-6-7-13(17)9-15(12)16(10-18)19(2)11-14-5-3-4-8-20-14/h6-7,9,14,16H,3-5,8,10-11,18H2,1-2H3. The molecule has 2 N–H and O–H groups in total. The average Bonchev–Trinajstić information content (AvgIpc) is 2.44. The first-order valence-corrected chi connectivity index (χ1v) is 7.39. The SMILES string of the molecule is Cc1ccc(F)cc1C(CN)N(C)CC1CCCCO1. The van der Waals surface area contributed by atoms with E-state index in [2.05, 4.69) is 4.90 Å². The predicted molar refractivity (Wildman–Crippen MR) is 79.2 cm³/mol. The summed E-state index contributed by atoms with van der Waals surface area (Å²) in [6.45, 7) is 4.18. The van der Waals surface area contributed by atoms with E-state index in [9.17, 15) is 4.39 Å². The molecule has 2 atom stereocenters. The normalized spacial score (nSPS) is 21.1. The molecule has 3 nitrogen and oxygen atoms in total. The van der Waals surface area contributed by atoms with Crippen molar-refractivity contribution < 1.29 is 9.13 Å². The average molecular weight is 280 g/mol. The molecule has 1 heterocycles.